The molecule has 1 aromatic carbocycles. The summed E-state index contributed by atoms with van der Waals surface area (Å²) in [6.45, 7) is 1.89. The first kappa shape index (κ1) is 26.0. The summed E-state index contributed by atoms with van der Waals surface area (Å²) in [5, 5.41) is 11.2. The number of nitrogens with one attached hydrogen (secondary N) is 1. The Kier molecular flexibility index (Phi) is 12.2. The summed E-state index contributed by atoms with van der Waals surface area (Å²) in [4.78, 5) is 24.7. The van der Waals surface area contributed by atoms with E-state index in [-0.39, 0.29) is 25.1 Å². The number of amides is 3. The summed E-state index contributed by atoms with van der Waals surface area (Å²) in [6, 6.07) is 7.24. The van der Waals surface area contributed by atoms with E-state index in [9.17, 15) is 18.0 Å². The number of urea groups is 1. The van der Waals surface area contributed by atoms with Crippen molar-refractivity contribution in [2.75, 3.05) is 37.5 Å². The molecule has 1 heterocycles. The van der Waals surface area contributed by atoms with Crippen LogP contribution in [0.2, 0.25) is 0 Å². The van der Waals surface area contributed by atoms with Gasteiger partial charge in [0.1, 0.15) is 0 Å². The Morgan fingerprint density at radius 2 is 1.70 bits per heavy atom. The van der Waals surface area contributed by atoms with Gasteiger partial charge in [0, 0.05) is 19.8 Å². The zero-order valence-corrected chi connectivity index (χ0v) is 18.2. The molecule has 0 spiro atoms. The first-order valence-corrected chi connectivity index (χ1v) is 11.9. The van der Waals surface area contributed by atoms with Gasteiger partial charge < -0.3 is 15.2 Å². The van der Waals surface area contributed by atoms with Crippen LogP contribution < -0.4 is 10.2 Å². The number of carbonyl (C=O) groups is 2. The van der Waals surface area contributed by atoms with Gasteiger partial charge in [0.15, 0.2) is 0 Å². The zero-order chi connectivity index (χ0) is 22.4. The number of nitrogens with zero attached hydrogens (tertiary/aromatic N) is 1. The number of aryl methyl sites for hydroxylation is 1. The molecule has 3 N–H and O–H groups in total. The van der Waals surface area contributed by atoms with Crippen LogP contribution in [0, 0.1) is 0 Å². The van der Waals surface area contributed by atoms with Crippen LogP contribution in [0.25, 0.3) is 0 Å². The predicted octanol–water partition coefficient (Wildman–Crippen LogP) is 2.14. The molecule has 0 atom stereocenters. The third-order valence-corrected chi connectivity index (χ3v) is 4.21. The summed E-state index contributed by atoms with van der Waals surface area (Å²) in [6.07, 6.45) is 7.71. The standard InChI is InChI=1S/C19H28N2O4.CH4O3S/c22-11-4-1-2-5-12-25-13-6-3-8-16-9-7-10-17(14-16)21-18(23)15-20-19(21)24;1-5(2,3)4/h7,9-10,14,22H,1-6,8,11-13,15H2,(H,20,24);1H3,(H,2,3,4). The molecule has 1 aromatic rings. The SMILES string of the molecule is CS(=O)(=O)O.O=C1CNC(=O)N1c1cccc(CCCCOCCCCCCO)c1. The molecule has 170 valence electrons. The van der Waals surface area contributed by atoms with E-state index in [1.54, 1.807) is 6.07 Å². The quantitative estimate of drug-likeness (QED) is 0.255. The Balaban J connectivity index is 0.000000804. The lowest BCUT2D eigenvalue weighted by Gasteiger charge is -2.13. The lowest BCUT2D eigenvalue weighted by atomic mass is 10.1. The summed E-state index contributed by atoms with van der Waals surface area (Å²) in [5.74, 6) is -0.213. The van der Waals surface area contributed by atoms with Gasteiger partial charge >= 0.3 is 6.03 Å². The number of benzene rings is 1. The molecular weight excluding hydrogens is 412 g/mol. The Morgan fingerprint density at radius 3 is 2.30 bits per heavy atom. The number of hydrogen-bond donors (Lipinski definition) is 3. The topological polar surface area (TPSA) is 133 Å². The highest BCUT2D eigenvalue weighted by molar-refractivity contribution is 7.85. The van der Waals surface area contributed by atoms with Crippen LogP contribution in [0.3, 0.4) is 0 Å². The third-order valence-electron chi connectivity index (χ3n) is 4.21. The summed E-state index contributed by atoms with van der Waals surface area (Å²) in [5.41, 5.74) is 1.76. The van der Waals surface area contributed by atoms with E-state index in [0.717, 1.165) is 63.7 Å². The second-order valence-electron chi connectivity index (χ2n) is 7.00. The molecule has 0 aliphatic carbocycles. The molecule has 10 heteroatoms. The van der Waals surface area contributed by atoms with Gasteiger partial charge in [-0.25, -0.2) is 9.69 Å². The second kappa shape index (κ2) is 14.1. The van der Waals surface area contributed by atoms with Gasteiger partial charge in [-0.05, 0) is 49.8 Å². The molecule has 1 aliphatic rings. The fraction of sp³-hybridized carbons (Fsp3) is 0.600. The van der Waals surface area contributed by atoms with Crippen LogP contribution in [0.5, 0.6) is 0 Å². The monoisotopic (exact) mass is 444 g/mol. The van der Waals surface area contributed by atoms with Gasteiger partial charge in [-0.15, -0.1) is 0 Å². The van der Waals surface area contributed by atoms with Crippen molar-refractivity contribution in [3.63, 3.8) is 0 Å². The molecule has 0 radical (unpaired) electrons. The number of aliphatic hydroxyl groups excluding tert-OH is 1. The van der Waals surface area contributed by atoms with Crippen molar-refractivity contribution < 1.29 is 32.4 Å². The highest BCUT2D eigenvalue weighted by atomic mass is 32.2. The van der Waals surface area contributed by atoms with Crippen LogP contribution in [-0.4, -0.2) is 62.6 Å². The van der Waals surface area contributed by atoms with Gasteiger partial charge in [0.25, 0.3) is 16.0 Å². The van der Waals surface area contributed by atoms with Crippen molar-refractivity contribution in [1.29, 1.82) is 0 Å². The van der Waals surface area contributed by atoms with E-state index < -0.39 is 10.1 Å². The molecule has 0 bridgehead atoms. The van der Waals surface area contributed by atoms with Crippen LogP contribution in [0.15, 0.2) is 24.3 Å². The third kappa shape index (κ3) is 11.9. The van der Waals surface area contributed by atoms with E-state index >= 15 is 0 Å². The smallest absolute Gasteiger partial charge is 0.329 e. The molecule has 9 nitrogen and oxygen atoms in total. The minimum atomic E-state index is -3.67. The van der Waals surface area contributed by atoms with Crippen molar-refractivity contribution in [3.05, 3.63) is 29.8 Å². The number of rotatable bonds is 12. The van der Waals surface area contributed by atoms with Gasteiger partial charge in [0.2, 0.25) is 0 Å². The fourth-order valence-corrected chi connectivity index (χ4v) is 2.84. The minimum Gasteiger partial charge on any atom is -0.396 e. The van der Waals surface area contributed by atoms with E-state index in [4.69, 9.17) is 14.4 Å². The summed E-state index contributed by atoms with van der Waals surface area (Å²) >= 11 is 0. The largest absolute Gasteiger partial charge is 0.396 e. The molecule has 2 rings (SSSR count). The maximum Gasteiger partial charge on any atom is 0.329 e. The number of imide groups is 1. The highest BCUT2D eigenvalue weighted by Crippen LogP contribution is 2.20. The fourth-order valence-electron chi connectivity index (χ4n) is 2.84. The molecule has 1 fully saturated rings. The lowest BCUT2D eigenvalue weighted by Crippen LogP contribution is -2.30. The van der Waals surface area contributed by atoms with E-state index in [2.05, 4.69) is 5.32 Å². The predicted molar refractivity (Wildman–Crippen MR) is 114 cm³/mol. The molecule has 3 amide bonds. The van der Waals surface area contributed by atoms with Gasteiger partial charge in [-0.1, -0.05) is 25.0 Å². The zero-order valence-electron chi connectivity index (χ0n) is 17.4. The number of hydrogen-bond acceptors (Lipinski definition) is 6. The van der Waals surface area contributed by atoms with Gasteiger partial charge in [-0.2, -0.15) is 8.42 Å². The van der Waals surface area contributed by atoms with E-state index in [0.29, 0.717) is 11.9 Å². The Bertz CT molecular complexity index is 744. The summed E-state index contributed by atoms with van der Waals surface area (Å²) in [7, 11) is -3.67. The molecule has 1 aliphatic heterocycles. The van der Waals surface area contributed by atoms with Crippen molar-refractivity contribution in [2.24, 2.45) is 0 Å². The highest BCUT2D eigenvalue weighted by Gasteiger charge is 2.29. The summed E-state index contributed by atoms with van der Waals surface area (Å²) < 4.78 is 31.5. The number of aliphatic hydroxyl groups is 1. The Morgan fingerprint density at radius 1 is 1.07 bits per heavy atom. The normalized spacial score (nSPS) is 13.8. The van der Waals surface area contributed by atoms with Crippen molar-refractivity contribution >= 4 is 27.7 Å². The minimum absolute atomic E-state index is 0.0698. The Hall–Kier alpha value is -2.01. The molecular formula is C20H32N2O7S. The lowest BCUT2D eigenvalue weighted by molar-refractivity contribution is -0.115. The van der Waals surface area contributed by atoms with E-state index in [1.807, 2.05) is 18.2 Å². The molecule has 0 saturated carbocycles. The Labute approximate surface area is 178 Å². The number of carbonyl (C=O) groups excluding carboxylic acids is 2. The number of ether oxygens (including phenoxy) is 1. The number of unbranched alkanes of at least 4 members (excludes halogenated alkanes) is 4. The first-order valence-electron chi connectivity index (χ1n) is 10.0. The molecule has 30 heavy (non-hydrogen) atoms. The van der Waals surface area contributed by atoms with Crippen molar-refractivity contribution in [1.82, 2.24) is 5.32 Å². The van der Waals surface area contributed by atoms with Gasteiger partial charge in [-0.3, -0.25) is 9.35 Å². The maximum absolute atomic E-state index is 11.8. The van der Waals surface area contributed by atoms with Gasteiger partial charge in [0.05, 0.1) is 18.5 Å². The maximum atomic E-state index is 11.8. The number of anilines is 1. The average Bonchev–Trinajstić information content (AvgIpc) is 3.00. The molecule has 0 aromatic heterocycles. The van der Waals surface area contributed by atoms with Crippen molar-refractivity contribution in [2.45, 2.75) is 44.9 Å². The molecule has 0 unspecified atom stereocenters. The van der Waals surface area contributed by atoms with E-state index in [1.165, 1.54) is 4.90 Å². The average molecular weight is 445 g/mol. The van der Waals surface area contributed by atoms with Crippen LogP contribution in [-0.2, 0) is 26.1 Å². The van der Waals surface area contributed by atoms with Crippen molar-refractivity contribution in [3.8, 4) is 0 Å². The van der Waals surface area contributed by atoms with Crippen LogP contribution in [0.1, 0.15) is 44.1 Å². The first-order chi connectivity index (χ1) is 14.2. The van der Waals surface area contributed by atoms with Crippen LogP contribution >= 0.6 is 0 Å². The molecule has 1 saturated heterocycles. The second-order valence-corrected chi connectivity index (χ2v) is 8.46. The van der Waals surface area contributed by atoms with Crippen LogP contribution in [0.4, 0.5) is 10.5 Å².